The SMILES string of the molecule is CCN(CC)c1cc2c(cc1C)C1(c3ccc(N)cc3O2)c2ccccc2C(=O)N1/N=C/C=Nc1ccc(NC(C)=O)cc1. The Bertz CT molecular complexity index is 1830. The molecule has 0 fully saturated rings. The first kappa shape index (κ1) is 28.7. The Kier molecular flexibility index (Phi) is 7.38. The van der Waals surface area contributed by atoms with Crippen LogP contribution in [0.2, 0.25) is 0 Å². The monoisotopic (exact) mass is 586 g/mol. The zero-order valence-electron chi connectivity index (χ0n) is 25.2. The molecule has 0 aliphatic carbocycles. The van der Waals surface area contributed by atoms with Gasteiger partial charge in [-0.1, -0.05) is 24.3 Å². The molecule has 2 amide bonds. The van der Waals surface area contributed by atoms with Gasteiger partial charge in [0.2, 0.25) is 5.91 Å². The lowest BCUT2D eigenvalue weighted by Crippen LogP contribution is -2.44. The number of hydrogen-bond acceptors (Lipinski definition) is 7. The molecule has 0 saturated heterocycles. The summed E-state index contributed by atoms with van der Waals surface area (Å²) in [6, 6.07) is 24.5. The van der Waals surface area contributed by atoms with Crippen molar-refractivity contribution in [1.82, 2.24) is 5.01 Å². The molecule has 0 aromatic heterocycles. The fraction of sp³-hybridized carbons (Fsp3) is 0.200. The number of nitrogen functional groups attached to an aromatic ring is 1. The van der Waals surface area contributed by atoms with Gasteiger partial charge in [-0.05, 0) is 68.8 Å². The Balaban J connectivity index is 1.50. The van der Waals surface area contributed by atoms with Crippen molar-refractivity contribution in [2.24, 2.45) is 10.1 Å². The van der Waals surface area contributed by atoms with Crippen LogP contribution in [-0.2, 0) is 10.3 Å². The predicted molar refractivity (Wildman–Crippen MR) is 176 cm³/mol. The van der Waals surface area contributed by atoms with Crippen molar-refractivity contribution in [3.05, 3.63) is 107 Å². The molecule has 3 N–H and O–H groups in total. The molecule has 0 saturated carbocycles. The van der Waals surface area contributed by atoms with Gasteiger partial charge in [-0.2, -0.15) is 5.10 Å². The first-order chi connectivity index (χ1) is 21.3. The molecular weight excluding hydrogens is 552 g/mol. The van der Waals surface area contributed by atoms with Crippen molar-refractivity contribution >= 4 is 47.0 Å². The van der Waals surface area contributed by atoms with Crippen molar-refractivity contribution in [2.75, 3.05) is 29.0 Å². The summed E-state index contributed by atoms with van der Waals surface area (Å²) in [5.41, 5.74) is 12.2. The first-order valence-electron chi connectivity index (χ1n) is 14.6. The Morgan fingerprint density at radius 3 is 2.41 bits per heavy atom. The highest BCUT2D eigenvalue weighted by molar-refractivity contribution is 6.17. The summed E-state index contributed by atoms with van der Waals surface area (Å²) >= 11 is 0. The van der Waals surface area contributed by atoms with E-state index < -0.39 is 5.54 Å². The van der Waals surface area contributed by atoms with Crippen LogP contribution in [0.5, 0.6) is 11.5 Å². The van der Waals surface area contributed by atoms with Crippen LogP contribution in [0.15, 0.2) is 89.0 Å². The predicted octanol–water partition coefficient (Wildman–Crippen LogP) is 6.62. The van der Waals surface area contributed by atoms with Gasteiger partial charge in [-0.15, -0.1) is 0 Å². The minimum absolute atomic E-state index is 0.142. The first-order valence-corrected chi connectivity index (χ1v) is 14.6. The summed E-state index contributed by atoms with van der Waals surface area (Å²) in [7, 11) is 0. The quantitative estimate of drug-likeness (QED) is 0.187. The molecule has 2 aliphatic heterocycles. The molecule has 0 radical (unpaired) electrons. The molecule has 1 unspecified atom stereocenters. The number of rotatable bonds is 7. The molecule has 2 heterocycles. The molecule has 9 heteroatoms. The summed E-state index contributed by atoms with van der Waals surface area (Å²) in [5, 5.41) is 9.04. The third-order valence-corrected chi connectivity index (χ3v) is 8.12. The normalized spacial score (nSPS) is 16.6. The molecular formula is C35H34N6O3. The van der Waals surface area contributed by atoms with E-state index in [1.807, 2.05) is 36.4 Å². The van der Waals surface area contributed by atoms with Crippen LogP contribution in [0.4, 0.5) is 22.7 Å². The number of aryl methyl sites for hydroxylation is 1. The topological polar surface area (TPSA) is 113 Å². The fourth-order valence-corrected chi connectivity index (χ4v) is 6.21. The smallest absolute Gasteiger partial charge is 0.275 e. The van der Waals surface area contributed by atoms with Crippen LogP contribution in [0.1, 0.15) is 53.4 Å². The van der Waals surface area contributed by atoms with E-state index in [0.29, 0.717) is 34.1 Å². The molecule has 4 aromatic carbocycles. The van der Waals surface area contributed by atoms with Crippen molar-refractivity contribution in [3.63, 3.8) is 0 Å². The second-order valence-electron chi connectivity index (χ2n) is 10.8. The van der Waals surface area contributed by atoms with E-state index in [1.54, 1.807) is 36.5 Å². The second kappa shape index (κ2) is 11.3. The minimum Gasteiger partial charge on any atom is -0.456 e. The maximum Gasteiger partial charge on any atom is 0.275 e. The van der Waals surface area contributed by atoms with Gasteiger partial charge in [0.25, 0.3) is 5.91 Å². The van der Waals surface area contributed by atoms with E-state index in [4.69, 9.17) is 15.6 Å². The van der Waals surface area contributed by atoms with Crippen LogP contribution >= 0.6 is 0 Å². The number of benzene rings is 4. The lowest BCUT2D eigenvalue weighted by atomic mass is 9.74. The number of nitrogens with zero attached hydrogens (tertiary/aromatic N) is 4. The van der Waals surface area contributed by atoms with Crippen LogP contribution in [0.25, 0.3) is 0 Å². The van der Waals surface area contributed by atoms with Gasteiger partial charge in [0.15, 0.2) is 0 Å². The number of fused-ring (bicyclic) bond motifs is 6. The third kappa shape index (κ3) is 4.66. The van der Waals surface area contributed by atoms with E-state index in [0.717, 1.165) is 41.0 Å². The van der Waals surface area contributed by atoms with Gasteiger partial charge in [-0.25, -0.2) is 5.01 Å². The maximum absolute atomic E-state index is 14.2. The van der Waals surface area contributed by atoms with Gasteiger partial charge >= 0.3 is 0 Å². The van der Waals surface area contributed by atoms with E-state index in [9.17, 15) is 9.59 Å². The van der Waals surface area contributed by atoms with Crippen molar-refractivity contribution < 1.29 is 14.3 Å². The summed E-state index contributed by atoms with van der Waals surface area (Å²) in [6.45, 7) is 9.49. The number of ether oxygens (including phenoxy) is 1. The van der Waals surface area contributed by atoms with Gasteiger partial charge in [0, 0.05) is 77.7 Å². The van der Waals surface area contributed by atoms with Crippen molar-refractivity contribution in [1.29, 1.82) is 0 Å². The van der Waals surface area contributed by atoms with E-state index in [1.165, 1.54) is 18.1 Å². The number of carbonyl (C=O) groups excluding carboxylic acids is 2. The average molecular weight is 587 g/mol. The molecule has 222 valence electrons. The van der Waals surface area contributed by atoms with E-state index in [2.05, 4.69) is 48.1 Å². The number of carbonyl (C=O) groups is 2. The van der Waals surface area contributed by atoms with E-state index in [-0.39, 0.29) is 11.8 Å². The van der Waals surface area contributed by atoms with Gasteiger partial charge in [0.05, 0.1) is 11.9 Å². The zero-order valence-corrected chi connectivity index (χ0v) is 25.2. The van der Waals surface area contributed by atoms with Crippen LogP contribution < -0.4 is 20.7 Å². The molecule has 6 rings (SSSR count). The van der Waals surface area contributed by atoms with Crippen LogP contribution in [0.3, 0.4) is 0 Å². The highest BCUT2D eigenvalue weighted by atomic mass is 16.5. The molecule has 4 aromatic rings. The Hall–Kier alpha value is -5.44. The molecule has 9 nitrogen and oxygen atoms in total. The average Bonchev–Trinajstić information content (AvgIpc) is 3.25. The summed E-state index contributed by atoms with van der Waals surface area (Å²) < 4.78 is 6.55. The fourth-order valence-electron chi connectivity index (χ4n) is 6.21. The lowest BCUT2D eigenvalue weighted by molar-refractivity contribution is -0.114. The Labute approximate surface area is 256 Å². The number of nitrogens with two attached hydrogens (primary N) is 1. The summed E-state index contributed by atoms with van der Waals surface area (Å²) in [5.74, 6) is 0.848. The van der Waals surface area contributed by atoms with Gasteiger partial charge in [-0.3, -0.25) is 14.6 Å². The summed E-state index contributed by atoms with van der Waals surface area (Å²) in [4.78, 5) is 32.3. The number of anilines is 3. The van der Waals surface area contributed by atoms with Crippen LogP contribution in [-0.4, -0.2) is 42.3 Å². The molecule has 44 heavy (non-hydrogen) atoms. The van der Waals surface area contributed by atoms with Crippen molar-refractivity contribution in [2.45, 2.75) is 33.2 Å². The largest absolute Gasteiger partial charge is 0.456 e. The Morgan fingerprint density at radius 1 is 0.955 bits per heavy atom. The summed E-state index contributed by atoms with van der Waals surface area (Å²) in [6.07, 6.45) is 3.08. The van der Waals surface area contributed by atoms with E-state index >= 15 is 0 Å². The zero-order chi connectivity index (χ0) is 31.0. The third-order valence-electron chi connectivity index (χ3n) is 8.12. The number of hydrazone groups is 1. The molecule has 0 bridgehead atoms. The second-order valence-corrected chi connectivity index (χ2v) is 10.8. The highest BCUT2D eigenvalue weighted by Gasteiger charge is 2.57. The van der Waals surface area contributed by atoms with Gasteiger partial charge in [0.1, 0.15) is 17.0 Å². The minimum atomic E-state index is -1.10. The molecule has 1 atom stereocenters. The lowest BCUT2D eigenvalue weighted by Gasteiger charge is -2.42. The standard InChI is InChI=1S/C35H34N6O3/c1-5-40(6-2)31-21-33-30(19-22(31)3)35(29-16-11-24(36)20-32(29)44-33)28-10-8-7-9-27(28)34(43)41(35)38-18-17-37-25-12-14-26(15-13-25)39-23(4)42/h7-21H,5-6,36H2,1-4H3,(H,39,42)/b37-17?,38-18+. The number of nitrogens with one attached hydrogen (secondary N) is 1. The number of amides is 2. The number of aliphatic imine (C=N–C) groups is 1. The molecule has 1 spiro atoms. The van der Waals surface area contributed by atoms with Crippen molar-refractivity contribution in [3.8, 4) is 11.5 Å². The maximum atomic E-state index is 14.2. The Morgan fingerprint density at radius 2 is 1.68 bits per heavy atom. The van der Waals surface area contributed by atoms with Gasteiger partial charge < -0.3 is 20.7 Å². The highest BCUT2D eigenvalue weighted by Crippen LogP contribution is 2.58. The number of hydrogen-bond donors (Lipinski definition) is 2. The molecule has 2 aliphatic rings. The van der Waals surface area contributed by atoms with Crippen LogP contribution in [0, 0.1) is 6.92 Å².